The van der Waals surface area contributed by atoms with Gasteiger partial charge in [-0.05, 0) is 19.9 Å². The Morgan fingerprint density at radius 2 is 2.07 bits per heavy atom. The maximum Gasteiger partial charge on any atom is 0.418 e. The number of fused-ring (bicyclic) bond motifs is 1. The standard InChI is InChI=1S/C19H19F3N6O2/c1-10-7-27(11(2)5-24-10)16-15-13(19(20,21)22)8-28(17(15)26-9-25-16)14-6-23-4-3-12(14)18(29)30/h3-4,6,8-11,24H,5,7H2,1-2H3,(H,29,30)/t10-,11+/m1/s1. The zero-order valence-corrected chi connectivity index (χ0v) is 16.2. The first-order valence-corrected chi connectivity index (χ1v) is 9.29. The van der Waals surface area contributed by atoms with E-state index >= 15 is 0 Å². The van der Waals surface area contributed by atoms with Crippen LogP contribution in [0.4, 0.5) is 19.0 Å². The number of nitrogens with zero attached hydrogens (tertiary/aromatic N) is 5. The third-order valence-corrected chi connectivity index (χ3v) is 5.19. The number of anilines is 1. The Labute approximate surface area is 169 Å². The van der Waals surface area contributed by atoms with E-state index in [4.69, 9.17) is 0 Å². The van der Waals surface area contributed by atoms with Gasteiger partial charge in [0.15, 0.2) is 5.65 Å². The number of hydrogen-bond donors (Lipinski definition) is 2. The molecule has 2 atom stereocenters. The molecule has 0 unspecified atom stereocenters. The second kappa shape index (κ2) is 7.24. The van der Waals surface area contributed by atoms with E-state index in [0.29, 0.717) is 13.1 Å². The summed E-state index contributed by atoms with van der Waals surface area (Å²) in [4.78, 5) is 25.6. The Bertz CT molecular complexity index is 1110. The van der Waals surface area contributed by atoms with Gasteiger partial charge < -0.3 is 15.3 Å². The molecule has 0 saturated carbocycles. The van der Waals surface area contributed by atoms with E-state index < -0.39 is 17.7 Å². The molecule has 0 amide bonds. The van der Waals surface area contributed by atoms with Crippen LogP contribution in [0, 0.1) is 0 Å². The van der Waals surface area contributed by atoms with Gasteiger partial charge in [0, 0.05) is 37.6 Å². The highest BCUT2D eigenvalue weighted by atomic mass is 19.4. The molecule has 0 spiro atoms. The number of carboxylic acids is 1. The number of nitrogens with one attached hydrogen (secondary N) is 1. The lowest BCUT2D eigenvalue weighted by Crippen LogP contribution is -2.54. The molecule has 1 saturated heterocycles. The van der Waals surface area contributed by atoms with E-state index in [-0.39, 0.29) is 40.2 Å². The van der Waals surface area contributed by atoms with Gasteiger partial charge in [-0.1, -0.05) is 0 Å². The molecule has 30 heavy (non-hydrogen) atoms. The zero-order valence-electron chi connectivity index (χ0n) is 16.2. The molecule has 2 N–H and O–H groups in total. The van der Waals surface area contributed by atoms with Gasteiger partial charge in [0.25, 0.3) is 0 Å². The summed E-state index contributed by atoms with van der Waals surface area (Å²) in [7, 11) is 0. The predicted octanol–water partition coefficient (Wildman–Crippen LogP) is 2.72. The first-order valence-electron chi connectivity index (χ1n) is 9.29. The average Bonchev–Trinajstić information content (AvgIpc) is 3.10. The number of carboxylic acid groups (broad SMARTS) is 1. The molecule has 0 bridgehead atoms. The molecule has 4 heterocycles. The number of halogens is 3. The van der Waals surface area contributed by atoms with Gasteiger partial charge >= 0.3 is 12.1 Å². The maximum absolute atomic E-state index is 14.0. The summed E-state index contributed by atoms with van der Waals surface area (Å²) in [6.07, 6.45) is -0.140. The molecular weight excluding hydrogens is 401 g/mol. The second-order valence-corrected chi connectivity index (χ2v) is 7.32. The van der Waals surface area contributed by atoms with Crippen molar-refractivity contribution in [2.45, 2.75) is 32.1 Å². The monoisotopic (exact) mass is 420 g/mol. The quantitative estimate of drug-likeness (QED) is 0.673. The number of rotatable bonds is 3. The minimum atomic E-state index is -4.68. The molecule has 1 aliphatic rings. The molecule has 8 nitrogen and oxygen atoms in total. The lowest BCUT2D eigenvalue weighted by Gasteiger charge is -2.38. The van der Waals surface area contributed by atoms with Crippen molar-refractivity contribution in [3.63, 3.8) is 0 Å². The Hall–Kier alpha value is -3.21. The van der Waals surface area contributed by atoms with Crippen LogP contribution in [0.15, 0.2) is 31.0 Å². The van der Waals surface area contributed by atoms with E-state index in [1.54, 1.807) is 0 Å². The number of piperazine rings is 1. The third-order valence-electron chi connectivity index (χ3n) is 5.19. The van der Waals surface area contributed by atoms with Gasteiger partial charge in [0.1, 0.15) is 12.1 Å². The van der Waals surface area contributed by atoms with Crippen molar-refractivity contribution in [1.29, 1.82) is 0 Å². The van der Waals surface area contributed by atoms with Crippen molar-refractivity contribution >= 4 is 22.8 Å². The lowest BCUT2D eigenvalue weighted by molar-refractivity contribution is -0.136. The highest BCUT2D eigenvalue weighted by Crippen LogP contribution is 2.41. The van der Waals surface area contributed by atoms with Crippen LogP contribution in [0.1, 0.15) is 29.8 Å². The largest absolute Gasteiger partial charge is 0.478 e. The number of aromatic carboxylic acids is 1. The number of hydrogen-bond acceptors (Lipinski definition) is 6. The van der Waals surface area contributed by atoms with E-state index in [2.05, 4.69) is 20.3 Å². The molecule has 0 aliphatic carbocycles. The summed E-state index contributed by atoms with van der Waals surface area (Å²) < 4.78 is 43.1. The van der Waals surface area contributed by atoms with Gasteiger partial charge in [0.05, 0.1) is 28.4 Å². The molecule has 0 aromatic carbocycles. The van der Waals surface area contributed by atoms with Gasteiger partial charge in [-0.2, -0.15) is 13.2 Å². The van der Waals surface area contributed by atoms with Gasteiger partial charge in [-0.3, -0.25) is 9.55 Å². The van der Waals surface area contributed by atoms with Crippen molar-refractivity contribution in [2.75, 3.05) is 18.0 Å². The normalized spacial score (nSPS) is 20.0. The SMILES string of the molecule is C[C@@H]1CN(c2ncnc3c2c(C(F)(F)F)cn3-c2cnccc2C(=O)O)[C@@H](C)CN1. The van der Waals surface area contributed by atoms with Crippen molar-refractivity contribution < 1.29 is 23.1 Å². The maximum atomic E-state index is 14.0. The molecule has 1 fully saturated rings. The molecular formula is C19H19F3N6O2. The molecule has 11 heteroatoms. The highest BCUT2D eigenvalue weighted by Gasteiger charge is 2.38. The average molecular weight is 420 g/mol. The van der Waals surface area contributed by atoms with Crippen LogP contribution in [-0.2, 0) is 6.18 Å². The van der Waals surface area contributed by atoms with Crippen molar-refractivity contribution in [3.05, 3.63) is 42.1 Å². The third kappa shape index (κ3) is 3.34. The van der Waals surface area contributed by atoms with Crippen LogP contribution in [-0.4, -0.2) is 55.8 Å². The summed E-state index contributed by atoms with van der Waals surface area (Å²) in [5, 5.41) is 12.6. The van der Waals surface area contributed by atoms with Gasteiger partial charge in [-0.25, -0.2) is 14.8 Å². The smallest absolute Gasteiger partial charge is 0.418 e. The molecule has 3 aromatic rings. The Morgan fingerprint density at radius 1 is 1.30 bits per heavy atom. The lowest BCUT2D eigenvalue weighted by atomic mass is 10.1. The summed E-state index contributed by atoms with van der Waals surface area (Å²) in [5.74, 6) is -1.10. The molecule has 1 aliphatic heterocycles. The molecule has 4 rings (SSSR count). The first kappa shape index (κ1) is 20.1. The minimum absolute atomic E-state index is 0.00289. The van der Waals surface area contributed by atoms with E-state index in [0.717, 1.165) is 10.8 Å². The number of alkyl halides is 3. The van der Waals surface area contributed by atoms with Crippen molar-refractivity contribution in [2.24, 2.45) is 0 Å². The van der Waals surface area contributed by atoms with E-state index in [1.165, 1.54) is 24.8 Å². The van der Waals surface area contributed by atoms with Gasteiger partial charge in [-0.15, -0.1) is 0 Å². The van der Waals surface area contributed by atoms with Crippen LogP contribution in [0.2, 0.25) is 0 Å². The Balaban J connectivity index is 2.01. The summed E-state index contributed by atoms with van der Waals surface area (Å²) >= 11 is 0. The first-order chi connectivity index (χ1) is 14.2. The Kier molecular flexibility index (Phi) is 4.85. The zero-order chi connectivity index (χ0) is 21.6. The topological polar surface area (TPSA) is 96.2 Å². The van der Waals surface area contributed by atoms with Crippen LogP contribution in [0.3, 0.4) is 0 Å². The van der Waals surface area contributed by atoms with E-state index in [9.17, 15) is 23.1 Å². The van der Waals surface area contributed by atoms with Crippen LogP contribution in [0.25, 0.3) is 16.7 Å². The fraction of sp³-hybridized carbons (Fsp3) is 0.368. The fourth-order valence-electron chi connectivity index (χ4n) is 3.74. The van der Waals surface area contributed by atoms with Crippen molar-refractivity contribution in [3.8, 4) is 5.69 Å². The highest BCUT2D eigenvalue weighted by molar-refractivity contribution is 5.96. The van der Waals surface area contributed by atoms with Gasteiger partial charge in [0.2, 0.25) is 0 Å². The number of pyridine rings is 1. The van der Waals surface area contributed by atoms with Crippen LogP contribution < -0.4 is 10.2 Å². The fourth-order valence-corrected chi connectivity index (χ4v) is 3.74. The summed E-state index contributed by atoms with van der Waals surface area (Å²) in [6, 6.07) is 1.22. The Morgan fingerprint density at radius 3 is 2.77 bits per heavy atom. The van der Waals surface area contributed by atoms with Crippen LogP contribution >= 0.6 is 0 Å². The predicted molar refractivity (Wildman–Crippen MR) is 103 cm³/mol. The summed E-state index contributed by atoms with van der Waals surface area (Å²) in [6.45, 7) is 4.92. The molecule has 158 valence electrons. The number of carbonyl (C=O) groups is 1. The van der Waals surface area contributed by atoms with Crippen LogP contribution in [0.5, 0.6) is 0 Å². The number of aromatic nitrogens is 4. The second-order valence-electron chi connectivity index (χ2n) is 7.32. The molecule has 3 aromatic heterocycles. The van der Waals surface area contributed by atoms with Crippen molar-refractivity contribution in [1.82, 2.24) is 24.8 Å². The minimum Gasteiger partial charge on any atom is -0.478 e. The molecule has 0 radical (unpaired) electrons. The summed E-state index contributed by atoms with van der Waals surface area (Å²) in [5.41, 5.74) is -1.13. The van der Waals surface area contributed by atoms with E-state index in [1.807, 2.05) is 18.7 Å².